The lowest BCUT2D eigenvalue weighted by Gasteiger charge is -2.24. The highest BCUT2D eigenvalue weighted by molar-refractivity contribution is 5.77. The minimum absolute atomic E-state index is 0.0661. The van der Waals surface area contributed by atoms with Crippen LogP contribution in [0.15, 0.2) is 60.8 Å². The highest BCUT2D eigenvalue weighted by Crippen LogP contribution is 2.19. The summed E-state index contributed by atoms with van der Waals surface area (Å²) in [7, 11) is 0. The minimum Gasteiger partial charge on any atom is -0.462 e. The average Bonchev–Trinajstić information content (AvgIpc) is 3.34. The minimum atomic E-state index is -0.795. The summed E-state index contributed by atoms with van der Waals surface area (Å²) in [6.07, 6.45) is 71.4. The Labute approximate surface area is 428 Å². The Morgan fingerprint density at radius 2 is 0.783 bits per heavy atom. The van der Waals surface area contributed by atoms with Gasteiger partial charge in [0.05, 0.1) is 25.2 Å². The molecule has 0 spiro atoms. The second kappa shape index (κ2) is 56.5. The summed E-state index contributed by atoms with van der Waals surface area (Å²) in [6.45, 7) is 6.40. The standard InChI is InChI=1S/C63H115NO5/c1-4-7-10-13-16-19-22-25-28-30-31-33-35-38-41-44-47-50-53-56-63(68)69-59(54-51-48-45-42-39-36-27-24-21-18-15-12-9-6-3)57-62(67)64-60(58-65)61(66)55-52-49-46-43-40-37-34-32-29-26-23-20-17-14-11-8-5-2/h7,10,16,19,25,28,31,33,38,41,59-61,65-66H,4-6,8-9,11-15,17-18,20-24,26-27,29-30,32,34-37,39-40,42-58H2,1-3H3,(H,64,67)/b10-7-,19-16-,28-25-,33-31-,41-38-. The molecule has 0 rings (SSSR count). The Balaban J connectivity index is 4.56. The quantitative estimate of drug-likeness (QED) is 0.0321. The Morgan fingerprint density at radius 1 is 0.435 bits per heavy atom. The maximum Gasteiger partial charge on any atom is 0.306 e. The number of hydrogen-bond donors (Lipinski definition) is 3. The molecular formula is C63H115NO5. The number of nitrogens with one attached hydrogen (secondary N) is 1. The number of allylic oxidation sites excluding steroid dienone is 10. The average molecular weight is 967 g/mol. The van der Waals surface area contributed by atoms with E-state index in [-0.39, 0.29) is 24.9 Å². The van der Waals surface area contributed by atoms with E-state index in [1.54, 1.807) is 0 Å². The third-order valence-corrected chi connectivity index (χ3v) is 13.6. The van der Waals surface area contributed by atoms with E-state index in [2.05, 4.69) is 86.8 Å². The van der Waals surface area contributed by atoms with Crippen molar-refractivity contribution < 1.29 is 24.5 Å². The summed E-state index contributed by atoms with van der Waals surface area (Å²) in [5.74, 6) is -0.499. The number of carbonyl (C=O) groups excluding carboxylic acids is 2. The van der Waals surface area contributed by atoms with E-state index in [0.29, 0.717) is 19.3 Å². The molecule has 0 aromatic rings. The normalized spacial score (nSPS) is 13.5. The first-order valence-electron chi connectivity index (χ1n) is 30.0. The van der Waals surface area contributed by atoms with Gasteiger partial charge in [0.25, 0.3) is 0 Å². The van der Waals surface area contributed by atoms with Crippen molar-refractivity contribution in [2.75, 3.05) is 6.61 Å². The molecule has 0 radical (unpaired) electrons. The Hall–Kier alpha value is -2.44. The third-order valence-electron chi connectivity index (χ3n) is 13.6. The predicted octanol–water partition coefficient (Wildman–Crippen LogP) is 18.7. The van der Waals surface area contributed by atoms with Crippen molar-refractivity contribution in [1.82, 2.24) is 5.32 Å². The van der Waals surface area contributed by atoms with Gasteiger partial charge < -0.3 is 20.3 Å². The van der Waals surface area contributed by atoms with Crippen molar-refractivity contribution in [3.05, 3.63) is 60.8 Å². The fraction of sp³-hybridized carbons (Fsp3) is 0.810. The van der Waals surface area contributed by atoms with Crippen LogP contribution < -0.4 is 5.32 Å². The Morgan fingerprint density at radius 3 is 1.17 bits per heavy atom. The summed E-state index contributed by atoms with van der Waals surface area (Å²) < 4.78 is 5.96. The van der Waals surface area contributed by atoms with E-state index in [0.717, 1.165) is 89.9 Å². The van der Waals surface area contributed by atoms with Gasteiger partial charge in [-0.3, -0.25) is 9.59 Å². The van der Waals surface area contributed by atoms with E-state index >= 15 is 0 Å². The summed E-state index contributed by atoms with van der Waals surface area (Å²) in [5, 5.41) is 23.9. The molecule has 3 unspecified atom stereocenters. The lowest BCUT2D eigenvalue weighted by atomic mass is 10.0. The van der Waals surface area contributed by atoms with E-state index in [1.165, 1.54) is 167 Å². The molecule has 0 heterocycles. The van der Waals surface area contributed by atoms with Crippen LogP contribution in [-0.4, -0.2) is 46.9 Å². The number of esters is 1. The van der Waals surface area contributed by atoms with Gasteiger partial charge in [0.15, 0.2) is 0 Å². The van der Waals surface area contributed by atoms with Crippen LogP contribution in [0.1, 0.15) is 303 Å². The SMILES string of the molecule is CC/C=C\C/C=C\C/C=C\C/C=C\C/C=C\CCCCCC(=O)OC(CCCCCCCCCCCCCCCC)CC(=O)NC(CO)C(O)CCCCCCCCCCCCCCCCCCC. The monoisotopic (exact) mass is 966 g/mol. The predicted molar refractivity (Wildman–Crippen MR) is 301 cm³/mol. The van der Waals surface area contributed by atoms with Gasteiger partial charge in [0.1, 0.15) is 6.10 Å². The zero-order chi connectivity index (χ0) is 50.2. The number of carbonyl (C=O) groups is 2. The molecule has 0 saturated carbocycles. The van der Waals surface area contributed by atoms with Crippen LogP contribution in [0.2, 0.25) is 0 Å². The van der Waals surface area contributed by atoms with Crippen LogP contribution in [0.3, 0.4) is 0 Å². The number of aliphatic hydroxyl groups is 2. The van der Waals surface area contributed by atoms with Gasteiger partial charge in [-0.1, -0.05) is 281 Å². The summed E-state index contributed by atoms with van der Waals surface area (Å²) in [6, 6.07) is -0.709. The molecule has 402 valence electrons. The van der Waals surface area contributed by atoms with Gasteiger partial charge >= 0.3 is 5.97 Å². The Bertz CT molecular complexity index is 1220. The van der Waals surface area contributed by atoms with Crippen LogP contribution in [0.25, 0.3) is 0 Å². The first kappa shape index (κ1) is 66.6. The first-order valence-corrected chi connectivity index (χ1v) is 30.0. The molecule has 0 aromatic carbocycles. The van der Waals surface area contributed by atoms with Crippen molar-refractivity contribution in [2.45, 2.75) is 322 Å². The molecular weight excluding hydrogens is 851 g/mol. The number of amides is 1. The van der Waals surface area contributed by atoms with Crippen LogP contribution in [0, 0.1) is 0 Å². The third kappa shape index (κ3) is 51.7. The molecule has 0 aliphatic carbocycles. The van der Waals surface area contributed by atoms with Crippen LogP contribution in [-0.2, 0) is 14.3 Å². The highest BCUT2D eigenvalue weighted by atomic mass is 16.5. The van der Waals surface area contributed by atoms with Crippen molar-refractivity contribution in [1.29, 1.82) is 0 Å². The largest absolute Gasteiger partial charge is 0.462 e. The molecule has 0 aliphatic heterocycles. The van der Waals surface area contributed by atoms with Crippen LogP contribution >= 0.6 is 0 Å². The molecule has 6 heteroatoms. The van der Waals surface area contributed by atoms with Gasteiger partial charge in [0.2, 0.25) is 5.91 Å². The van der Waals surface area contributed by atoms with Crippen LogP contribution in [0.4, 0.5) is 0 Å². The number of ether oxygens (including phenoxy) is 1. The van der Waals surface area contributed by atoms with Crippen molar-refractivity contribution >= 4 is 11.9 Å². The van der Waals surface area contributed by atoms with Crippen molar-refractivity contribution in [2.24, 2.45) is 0 Å². The molecule has 3 N–H and O–H groups in total. The van der Waals surface area contributed by atoms with E-state index in [9.17, 15) is 19.8 Å². The fourth-order valence-electron chi connectivity index (χ4n) is 9.11. The van der Waals surface area contributed by atoms with Crippen LogP contribution in [0.5, 0.6) is 0 Å². The Kier molecular flexibility index (Phi) is 54.5. The summed E-state index contributed by atoms with van der Waals surface area (Å²) in [5.41, 5.74) is 0. The lowest BCUT2D eigenvalue weighted by molar-refractivity contribution is -0.151. The molecule has 0 bridgehead atoms. The second-order valence-corrected chi connectivity index (χ2v) is 20.4. The van der Waals surface area contributed by atoms with Gasteiger partial charge in [-0.05, 0) is 70.6 Å². The molecule has 3 atom stereocenters. The molecule has 69 heavy (non-hydrogen) atoms. The summed E-state index contributed by atoms with van der Waals surface area (Å²) >= 11 is 0. The fourth-order valence-corrected chi connectivity index (χ4v) is 9.11. The maximum atomic E-state index is 13.3. The number of hydrogen-bond acceptors (Lipinski definition) is 5. The molecule has 6 nitrogen and oxygen atoms in total. The van der Waals surface area contributed by atoms with Gasteiger partial charge in [-0.2, -0.15) is 0 Å². The van der Waals surface area contributed by atoms with E-state index < -0.39 is 18.2 Å². The maximum absolute atomic E-state index is 13.3. The van der Waals surface area contributed by atoms with Crippen molar-refractivity contribution in [3.63, 3.8) is 0 Å². The van der Waals surface area contributed by atoms with Crippen molar-refractivity contribution in [3.8, 4) is 0 Å². The van der Waals surface area contributed by atoms with Gasteiger partial charge in [-0.15, -0.1) is 0 Å². The molecule has 0 saturated heterocycles. The van der Waals surface area contributed by atoms with Gasteiger partial charge in [-0.25, -0.2) is 0 Å². The topological polar surface area (TPSA) is 95.9 Å². The second-order valence-electron chi connectivity index (χ2n) is 20.4. The lowest BCUT2D eigenvalue weighted by Crippen LogP contribution is -2.46. The number of rotatable bonds is 54. The molecule has 1 amide bonds. The molecule has 0 aliphatic rings. The first-order chi connectivity index (χ1) is 34.0. The smallest absolute Gasteiger partial charge is 0.306 e. The van der Waals surface area contributed by atoms with Gasteiger partial charge in [0, 0.05) is 6.42 Å². The number of aliphatic hydroxyl groups excluding tert-OH is 2. The zero-order valence-electron chi connectivity index (χ0n) is 45.9. The van der Waals surface area contributed by atoms with E-state index in [1.807, 2.05) is 0 Å². The highest BCUT2D eigenvalue weighted by Gasteiger charge is 2.24. The summed E-state index contributed by atoms with van der Waals surface area (Å²) in [4.78, 5) is 26.3. The zero-order valence-corrected chi connectivity index (χ0v) is 45.9. The molecule has 0 fully saturated rings. The number of unbranched alkanes of at least 4 members (excludes halogenated alkanes) is 32. The molecule has 0 aromatic heterocycles. The van der Waals surface area contributed by atoms with E-state index in [4.69, 9.17) is 4.74 Å².